The Balaban J connectivity index is 1.03. The van der Waals surface area contributed by atoms with Crippen LogP contribution in [0.5, 0.6) is 5.88 Å². The Hall–Kier alpha value is -6.73. The zero-order valence-corrected chi connectivity index (χ0v) is 35.9. The number of halogens is 2. The molecule has 3 aliphatic heterocycles. The molecule has 0 bridgehead atoms. The van der Waals surface area contributed by atoms with Crippen molar-refractivity contribution in [1.29, 1.82) is 0 Å². The van der Waals surface area contributed by atoms with Crippen molar-refractivity contribution in [2.75, 3.05) is 42.9 Å². The van der Waals surface area contributed by atoms with Crippen molar-refractivity contribution in [3.05, 3.63) is 124 Å². The fraction of sp³-hybridized carbons (Fsp3) is 0.340. The Morgan fingerprint density at radius 2 is 1.74 bits per heavy atom. The van der Waals surface area contributed by atoms with Gasteiger partial charge in [-0.2, -0.15) is 0 Å². The molecule has 2 amide bonds. The number of benzene rings is 3. The van der Waals surface area contributed by atoms with Gasteiger partial charge in [0.15, 0.2) is 5.88 Å². The number of nitrogens with zero attached hydrogens (tertiary/aromatic N) is 5. The molecule has 65 heavy (non-hydrogen) atoms. The fourth-order valence-electron chi connectivity index (χ4n) is 9.08. The first-order valence-corrected chi connectivity index (χ1v) is 21.6. The van der Waals surface area contributed by atoms with Gasteiger partial charge < -0.3 is 40.9 Å². The first kappa shape index (κ1) is 44.9. The second-order valence-electron chi connectivity index (χ2n) is 16.5. The molecular formula is C47H51F2N9O7. The summed E-state index contributed by atoms with van der Waals surface area (Å²) in [6, 6.07) is 16.7. The summed E-state index contributed by atoms with van der Waals surface area (Å²) in [5.41, 5.74) is 1.08. The zero-order chi connectivity index (χ0) is 46.1. The number of piperazine rings is 1. The number of aromatic nitrogens is 2. The van der Waals surface area contributed by atoms with E-state index < -0.39 is 47.8 Å². The van der Waals surface area contributed by atoms with Gasteiger partial charge in [-0.05, 0) is 87.1 Å². The maximum absolute atomic E-state index is 16.2. The van der Waals surface area contributed by atoms with Crippen molar-refractivity contribution >= 4 is 45.6 Å². The van der Waals surface area contributed by atoms with Crippen molar-refractivity contribution in [3.8, 4) is 17.1 Å². The number of aromatic amines is 1. The molecular weight excluding hydrogens is 841 g/mol. The Morgan fingerprint density at radius 3 is 2.49 bits per heavy atom. The summed E-state index contributed by atoms with van der Waals surface area (Å²) >= 11 is 0. The number of pyridine rings is 2. The maximum Gasteiger partial charge on any atom is 0.274 e. The minimum atomic E-state index is -1.66. The third kappa shape index (κ3) is 8.77. The highest BCUT2D eigenvalue weighted by Gasteiger charge is 2.39. The third-order valence-electron chi connectivity index (χ3n) is 12.3. The summed E-state index contributed by atoms with van der Waals surface area (Å²) in [6.45, 7) is 8.66. The van der Waals surface area contributed by atoms with E-state index in [0.29, 0.717) is 73.8 Å². The van der Waals surface area contributed by atoms with E-state index in [1.807, 2.05) is 11.8 Å². The van der Waals surface area contributed by atoms with Gasteiger partial charge in [0.25, 0.3) is 11.5 Å². The lowest BCUT2D eigenvalue weighted by Gasteiger charge is -2.44. The quantitative estimate of drug-likeness (QED) is 0.0680. The molecule has 5 heterocycles. The lowest BCUT2D eigenvalue weighted by atomic mass is 9.86. The van der Waals surface area contributed by atoms with Crippen LogP contribution in [0.4, 0.5) is 26.0 Å². The first-order valence-electron chi connectivity index (χ1n) is 21.6. The van der Waals surface area contributed by atoms with E-state index in [4.69, 9.17) is 0 Å². The lowest BCUT2D eigenvalue weighted by Crippen LogP contribution is -2.56. The van der Waals surface area contributed by atoms with Crippen LogP contribution in [0.2, 0.25) is 0 Å². The number of hydrogen-bond donors (Lipinski definition) is 8. The third-order valence-corrected chi connectivity index (χ3v) is 12.3. The molecule has 2 fully saturated rings. The number of piperidine rings is 1. The molecule has 8 N–H and O–H groups in total. The second-order valence-corrected chi connectivity index (χ2v) is 16.5. The van der Waals surface area contributed by atoms with Gasteiger partial charge in [0.1, 0.15) is 47.1 Å². The Labute approximate surface area is 372 Å². The highest BCUT2D eigenvalue weighted by molar-refractivity contribution is 6.08. The number of carbonyl (C=O) groups is 2. The van der Waals surface area contributed by atoms with Gasteiger partial charge in [-0.15, -0.1) is 0 Å². The molecule has 0 saturated carbocycles. The Bertz CT molecular complexity index is 2750. The minimum absolute atomic E-state index is 0.0418. The van der Waals surface area contributed by atoms with Crippen LogP contribution in [0.25, 0.3) is 22.0 Å². The number of aliphatic hydroxyl groups excluding tert-OH is 3. The number of para-hydroxylation sites is 1. The summed E-state index contributed by atoms with van der Waals surface area (Å²) in [4.78, 5) is 56.4. The molecule has 5 aromatic rings. The number of rotatable bonds is 11. The van der Waals surface area contributed by atoms with Crippen molar-refractivity contribution < 1.29 is 38.8 Å². The molecule has 0 aliphatic carbocycles. The van der Waals surface area contributed by atoms with Crippen molar-refractivity contribution in [3.63, 3.8) is 0 Å². The standard InChI is InChI=1S/C47H51F2N9O7/c1-4-36(60)56-21-22-57(26(3)24-56)41-32-23-34(49)38(29-12-5-6-16-33(29)48)53-42(32)58(47(65)54-41)40-25(2)11-9-15-31(40)43(61)51-20-8-7-19-50-39-37-27(28-17-18-35(59)52-44(28)62)13-10-14-30(37)45(63)55-46(39)64/h4-6,9-16,23,26,28,35,44,47,50,52,59,62,65H,1,7-8,17-22,24H2,2-3H3,(H,51,61)(H2,55,63,64)/t26-,28?,35?,44?,47?/m0/s1. The van der Waals surface area contributed by atoms with Crippen molar-refractivity contribution in [2.45, 2.75) is 70.3 Å². The van der Waals surface area contributed by atoms with Crippen molar-refractivity contribution in [1.82, 2.24) is 30.4 Å². The van der Waals surface area contributed by atoms with Crippen LogP contribution in [0.1, 0.15) is 65.6 Å². The molecule has 2 aromatic heterocycles. The van der Waals surface area contributed by atoms with E-state index in [-0.39, 0.29) is 69.8 Å². The summed E-state index contributed by atoms with van der Waals surface area (Å²) < 4.78 is 31.4. The number of aliphatic imine (C=N–C) groups is 1. The summed E-state index contributed by atoms with van der Waals surface area (Å²) in [6.07, 6.45) is -0.538. The van der Waals surface area contributed by atoms with E-state index in [9.17, 15) is 34.8 Å². The van der Waals surface area contributed by atoms with Gasteiger partial charge in [0.2, 0.25) is 12.3 Å². The predicted molar refractivity (Wildman–Crippen MR) is 242 cm³/mol. The molecule has 16 nitrogen and oxygen atoms in total. The molecule has 0 radical (unpaired) electrons. The predicted octanol–water partition coefficient (Wildman–Crippen LogP) is 4.50. The van der Waals surface area contributed by atoms with Gasteiger partial charge in [-0.1, -0.05) is 43.0 Å². The van der Waals surface area contributed by atoms with Crippen LogP contribution in [-0.4, -0.2) is 115 Å². The molecule has 5 atom stereocenters. The highest BCUT2D eigenvalue weighted by atomic mass is 19.1. The molecule has 18 heteroatoms. The van der Waals surface area contributed by atoms with Gasteiger partial charge in [0, 0.05) is 61.0 Å². The lowest BCUT2D eigenvalue weighted by molar-refractivity contribution is -0.128. The average molecular weight is 892 g/mol. The molecule has 8 rings (SSSR count). The molecule has 3 aromatic carbocycles. The van der Waals surface area contributed by atoms with Gasteiger partial charge in [-0.3, -0.25) is 29.6 Å². The van der Waals surface area contributed by atoms with E-state index in [0.717, 1.165) is 0 Å². The van der Waals surface area contributed by atoms with E-state index in [1.165, 1.54) is 35.2 Å². The van der Waals surface area contributed by atoms with Crippen LogP contribution in [0.15, 0.2) is 89.2 Å². The molecule has 3 aliphatic rings. The first-order chi connectivity index (χ1) is 31.3. The maximum atomic E-state index is 16.2. The topological polar surface area (TPSA) is 219 Å². The number of unbranched alkanes of at least 4 members (excludes halogenated alkanes) is 1. The van der Waals surface area contributed by atoms with E-state index in [2.05, 4.69) is 37.5 Å². The fourth-order valence-corrected chi connectivity index (χ4v) is 9.08. The Kier molecular flexibility index (Phi) is 13.0. The number of amidine groups is 1. The summed E-state index contributed by atoms with van der Waals surface area (Å²) in [5.74, 6) is -2.74. The molecule has 0 spiro atoms. The average Bonchev–Trinajstić information content (AvgIpc) is 3.28. The van der Waals surface area contributed by atoms with Gasteiger partial charge in [-0.25, -0.2) is 18.8 Å². The Morgan fingerprint density at radius 1 is 0.969 bits per heavy atom. The van der Waals surface area contributed by atoms with Gasteiger partial charge in [0.05, 0.1) is 16.8 Å². The molecule has 2 saturated heterocycles. The van der Waals surface area contributed by atoms with E-state index in [1.54, 1.807) is 54.3 Å². The number of nitrogens with one attached hydrogen (secondary N) is 4. The number of aromatic hydroxyl groups is 1. The number of H-pyrrole nitrogens is 1. The number of aryl methyl sites for hydroxylation is 1. The van der Waals surface area contributed by atoms with E-state index >= 15 is 8.78 Å². The van der Waals surface area contributed by atoms with Crippen LogP contribution >= 0.6 is 0 Å². The van der Waals surface area contributed by atoms with Crippen molar-refractivity contribution in [2.24, 2.45) is 4.99 Å². The number of carbonyl (C=O) groups excluding carboxylic acids is 2. The largest absolute Gasteiger partial charge is 0.494 e. The highest BCUT2D eigenvalue weighted by Crippen LogP contribution is 2.41. The SMILES string of the molecule is C=CC(=O)N1CCN(C2=NC(O)N(c3c(C)cccc3C(=O)NCCCCNc3c(=O)[nH]c(O)c4cccc(C5CCC(O)NC5O)c34)c3nc(-c4ccccc4F)c(F)cc32)[C@@H](C)C1. The van der Waals surface area contributed by atoms with Crippen LogP contribution in [0, 0.1) is 18.6 Å². The van der Waals surface area contributed by atoms with Crippen LogP contribution < -0.4 is 26.4 Å². The minimum Gasteiger partial charge on any atom is -0.494 e. The monoisotopic (exact) mass is 891 g/mol. The van der Waals surface area contributed by atoms with Crippen LogP contribution in [0.3, 0.4) is 0 Å². The van der Waals surface area contributed by atoms with Gasteiger partial charge >= 0.3 is 0 Å². The normalized spacial score (nSPS) is 20.9. The summed E-state index contributed by atoms with van der Waals surface area (Å²) in [5, 5.41) is 53.1. The number of hydrogen-bond acceptors (Lipinski definition) is 13. The number of anilines is 3. The molecule has 4 unspecified atom stereocenters. The second kappa shape index (κ2) is 18.8. The zero-order valence-electron chi connectivity index (χ0n) is 35.9. The summed E-state index contributed by atoms with van der Waals surface area (Å²) in [7, 11) is 0. The number of fused-ring (bicyclic) bond motifs is 2. The smallest absolute Gasteiger partial charge is 0.274 e. The van der Waals surface area contributed by atoms with Crippen LogP contribution in [-0.2, 0) is 4.79 Å². The number of aliphatic hydroxyl groups is 3. The number of amides is 2. The molecule has 340 valence electrons.